The highest BCUT2D eigenvalue weighted by Crippen LogP contribution is 2.41. The van der Waals surface area contributed by atoms with Crippen LogP contribution in [0.3, 0.4) is 0 Å². The fourth-order valence-corrected chi connectivity index (χ4v) is 3.92. The van der Waals surface area contributed by atoms with Crippen molar-refractivity contribution in [1.29, 1.82) is 0 Å². The second-order valence-electron chi connectivity index (χ2n) is 5.74. The maximum Gasteiger partial charge on any atom is 0.337 e. The lowest BCUT2D eigenvalue weighted by molar-refractivity contribution is -0.138. The molecule has 0 aromatic heterocycles. The zero-order valence-corrected chi connectivity index (χ0v) is 16.1. The quantitative estimate of drug-likeness (QED) is 0.390. The third-order valence-corrected chi connectivity index (χ3v) is 5.04. The van der Waals surface area contributed by atoms with Crippen molar-refractivity contribution in [2.75, 3.05) is 20.2 Å². The number of aryl methyl sites for hydroxylation is 1. The van der Waals surface area contributed by atoms with Crippen molar-refractivity contribution in [3.8, 4) is 0 Å². The monoisotopic (exact) mass is 378 g/mol. The summed E-state index contributed by atoms with van der Waals surface area (Å²) in [6.07, 6.45) is 6.08. The van der Waals surface area contributed by atoms with E-state index in [1.807, 2.05) is 53.1 Å². The van der Waals surface area contributed by atoms with Gasteiger partial charge in [0.25, 0.3) is 0 Å². The fraction of sp³-hybridized carbons (Fsp3) is 0.316. The van der Waals surface area contributed by atoms with E-state index in [1.165, 1.54) is 0 Å². The molecule has 1 atom stereocenters. The standard InChI is InChI=1S/C19H23ClN2O2S/c1-5-7-10-22-13-16(19(23)24-11-6-2)18(21(4)25-22)15-9-8-14(3)12-17(15)20/h5-6,8-9,12-13,18H,1-2,7,10-11H2,3-4H3. The molecule has 1 aromatic rings. The summed E-state index contributed by atoms with van der Waals surface area (Å²) in [7, 11) is 1.94. The highest BCUT2D eigenvalue weighted by molar-refractivity contribution is 7.94. The van der Waals surface area contributed by atoms with Crippen molar-refractivity contribution in [2.45, 2.75) is 19.4 Å². The van der Waals surface area contributed by atoms with Gasteiger partial charge < -0.3 is 9.04 Å². The largest absolute Gasteiger partial charge is 0.458 e. The topological polar surface area (TPSA) is 32.8 Å². The van der Waals surface area contributed by atoms with Crippen molar-refractivity contribution in [1.82, 2.24) is 8.61 Å². The van der Waals surface area contributed by atoms with Gasteiger partial charge in [-0.3, -0.25) is 0 Å². The first kappa shape index (κ1) is 19.6. The molecule has 1 heterocycles. The van der Waals surface area contributed by atoms with Gasteiger partial charge in [0.1, 0.15) is 6.61 Å². The van der Waals surface area contributed by atoms with Gasteiger partial charge in [-0.2, -0.15) is 0 Å². The Balaban J connectivity index is 2.41. The molecule has 0 saturated heterocycles. The molecule has 134 valence electrons. The van der Waals surface area contributed by atoms with E-state index in [9.17, 15) is 4.79 Å². The summed E-state index contributed by atoms with van der Waals surface area (Å²) in [4.78, 5) is 12.6. The number of nitrogens with zero attached hydrogens (tertiary/aromatic N) is 2. The molecule has 4 nitrogen and oxygen atoms in total. The van der Waals surface area contributed by atoms with Crippen molar-refractivity contribution >= 4 is 29.7 Å². The minimum Gasteiger partial charge on any atom is -0.458 e. The van der Waals surface area contributed by atoms with Crippen LogP contribution in [0.25, 0.3) is 0 Å². The first-order valence-corrected chi connectivity index (χ1v) is 9.13. The third kappa shape index (κ3) is 4.91. The minimum atomic E-state index is -0.364. The Morgan fingerprint density at radius 1 is 1.40 bits per heavy atom. The molecule has 0 spiro atoms. The number of halogens is 1. The molecule has 0 radical (unpaired) electrons. The molecule has 1 aliphatic heterocycles. The van der Waals surface area contributed by atoms with Gasteiger partial charge >= 0.3 is 5.97 Å². The fourth-order valence-electron chi connectivity index (χ4n) is 2.58. The summed E-state index contributed by atoms with van der Waals surface area (Å²) in [6, 6.07) is 5.59. The molecule has 25 heavy (non-hydrogen) atoms. The average molecular weight is 379 g/mol. The Hall–Kier alpha value is -1.69. The Bertz CT molecular complexity index is 690. The molecule has 0 amide bonds. The number of carbonyl (C=O) groups excluding carboxylic acids is 1. The van der Waals surface area contributed by atoms with Crippen LogP contribution in [0.15, 0.2) is 55.3 Å². The number of carbonyl (C=O) groups is 1. The van der Waals surface area contributed by atoms with Crippen molar-refractivity contribution in [3.63, 3.8) is 0 Å². The summed E-state index contributed by atoms with van der Waals surface area (Å²) in [5, 5.41) is 0.638. The van der Waals surface area contributed by atoms with E-state index >= 15 is 0 Å². The van der Waals surface area contributed by atoms with Crippen LogP contribution in [0.5, 0.6) is 0 Å². The number of rotatable bonds is 7. The van der Waals surface area contributed by atoms with Crippen molar-refractivity contribution < 1.29 is 9.53 Å². The normalized spacial score (nSPS) is 17.8. The highest BCUT2D eigenvalue weighted by Gasteiger charge is 2.34. The first-order chi connectivity index (χ1) is 12.0. The number of hydrogen-bond donors (Lipinski definition) is 0. The number of likely N-dealkylation sites (N-methyl/N-ethyl adjacent to an activating group) is 1. The summed E-state index contributed by atoms with van der Waals surface area (Å²) in [5.74, 6) is -0.364. The van der Waals surface area contributed by atoms with E-state index in [4.69, 9.17) is 16.3 Å². The van der Waals surface area contributed by atoms with Gasteiger partial charge in [-0.1, -0.05) is 42.5 Å². The lowest BCUT2D eigenvalue weighted by atomic mass is 9.98. The van der Waals surface area contributed by atoms with Gasteiger partial charge in [-0.25, -0.2) is 9.10 Å². The van der Waals surface area contributed by atoms with E-state index in [-0.39, 0.29) is 18.6 Å². The number of esters is 1. The first-order valence-electron chi connectivity index (χ1n) is 8.02. The van der Waals surface area contributed by atoms with E-state index in [1.54, 1.807) is 18.2 Å². The van der Waals surface area contributed by atoms with Crippen LogP contribution in [0.4, 0.5) is 0 Å². The molecule has 0 N–H and O–H groups in total. The Kier molecular flexibility index (Phi) is 7.17. The minimum absolute atomic E-state index is 0.175. The molecule has 1 aliphatic rings. The van der Waals surface area contributed by atoms with Crippen LogP contribution >= 0.6 is 23.7 Å². The van der Waals surface area contributed by atoms with Crippen LogP contribution in [0, 0.1) is 6.92 Å². The zero-order chi connectivity index (χ0) is 18.4. The van der Waals surface area contributed by atoms with Crippen LogP contribution in [0.2, 0.25) is 5.02 Å². The van der Waals surface area contributed by atoms with Crippen molar-refractivity contribution in [3.05, 3.63) is 71.4 Å². The van der Waals surface area contributed by atoms with Crippen LogP contribution in [-0.2, 0) is 9.53 Å². The number of benzene rings is 1. The SMILES string of the molecule is C=CCCN1C=C(C(=O)OCC=C)C(c2ccc(C)cc2Cl)N(C)S1. The van der Waals surface area contributed by atoms with Crippen LogP contribution in [-0.4, -0.2) is 34.8 Å². The Labute approximate surface area is 159 Å². The van der Waals surface area contributed by atoms with Gasteiger partial charge in [0, 0.05) is 36.9 Å². The van der Waals surface area contributed by atoms with E-state index in [2.05, 4.69) is 13.2 Å². The smallest absolute Gasteiger partial charge is 0.337 e. The van der Waals surface area contributed by atoms with Crippen LogP contribution < -0.4 is 0 Å². The van der Waals surface area contributed by atoms with Gasteiger partial charge in [0.15, 0.2) is 0 Å². The maximum absolute atomic E-state index is 12.6. The highest BCUT2D eigenvalue weighted by atomic mass is 35.5. The summed E-state index contributed by atoms with van der Waals surface area (Å²) in [6.45, 7) is 10.3. The van der Waals surface area contributed by atoms with Gasteiger partial charge in [0.2, 0.25) is 0 Å². The maximum atomic E-state index is 12.6. The summed E-state index contributed by atoms with van der Waals surface area (Å²) < 4.78 is 9.32. The summed E-state index contributed by atoms with van der Waals surface area (Å²) >= 11 is 8.01. The Morgan fingerprint density at radius 3 is 2.80 bits per heavy atom. The average Bonchev–Trinajstić information content (AvgIpc) is 2.58. The lowest BCUT2D eigenvalue weighted by Gasteiger charge is -2.37. The molecular formula is C19H23ClN2O2S. The Morgan fingerprint density at radius 2 is 2.16 bits per heavy atom. The molecule has 0 bridgehead atoms. The van der Waals surface area contributed by atoms with E-state index in [0.29, 0.717) is 10.6 Å². The van der Waals surface area contributed by atoms with E-state index in [0.717, 1.165) is 24.1 Å². The third-order valence-electron chi connectivity index (χ3n) is 3.75. The summed E-state index contributed by atoms with van der Waals surface area (Å²) in [5.41, 5.74) is 2.51. The van der Waals surface area contributed by atoms with Crippen LogP contribution in [0.1, 0.15) is 23.6 Å². The molecule has 6 heteroatoms. The molecule has 0 aliphatic carbocycles. The molecule has 1 unspecified atom stereocenters. The van der Waals surface area contributed by atoms with E-state index < -0.39 is 0 Å². The molecule has 2 rings (SSSR count). The predicted molar refractivity (Wildman–Crippen MR) is 105 cm³/mol. The van der Waals surface area contributed by atoms with Gasteiger partial charge in [-0.15, -0.1) is 6.58 Å². The van der Waals surface area contributed by atoms with Crippen molar-refractivity contribution in [2.24, 2.45) is 0 Å². The molecular weight excluding hydrogens is 356 g/mol. The molecule has 0 saturated carbocycles. The molecule has 1 aromatic carbocycles. The number of hydrogen-bond acceptors (Lipinski definition) is 5. The van der Waals surface area contributed by atoms with Gasteiger partial charge in [-0.05, 0) is 30.5 Å². The second kappa shape index (κ2) is 9.13. The van der Waals surface area contributed by atoms with Gasteiger partial charge in [0.05, 0.1) is 11.6 Å². The second-order valence-corrected chi connectivity index (χ2v) is 7.36. The lowest BCUT2D eigenvalue weighted by Crippen LogP contribution is -2.34. The number of ether oxygens (including phenoxy) is 1. The zero-order valence-electron chi connectivity index (χ0n) is 14.6. The molecule has 0 fully saturated rings. The predicted octanol–water partition coefficient (Wildman–Crippen LogP) is 4.69.